The van der Waals surface area contributed by atoms with Crippen molar-refractivity contribution in [1.82, 2.24) is 9.80 Å². The van der Waals surface area contributed by atoms with Crippen LogP contribution in [0.2, 0.25) is 0 Å². The number of rotatable bonds is 8. The van der Waals surface area contributed by atoms with Crippen molar-refractivity contribution in [2.24, 2.45) is 0 Å². The maximum absolute atomic E-state index is 13.7. The van der Waals surface area contributed by atoms with Crippen molar-refractivity contribution in [2.75, 3.05) is 37.0 Å². The Hall–Kier alpha value is -3.93. The van der Waals surface area contributed by atoms with E-state index in [1.807, 2.05) is 0 Å². The van der Waals surface area contributed by atoms with E-state index >= 15 is 0 Å². The number of sulfone groups is 2. The Morgan fingerprint density at radius 2 is 1.32 bits per heavy atom. The van der Waals surface area contributed by atoms with Crippen LogP contribution < -0.4 is 4.90 Å². The van der Waals surface area contributed by atoms with Crippen LogP contribution in [0, 0.1) is 0 Å². The lowest BCUT2D eigenvalue weighted by molar-refractivity contribution is -0.140. The summed E-state index contributed by atoms with van der Waals surface area (Å²) in [7, 11) is -8.48. The maximum Gasteiger partial charge on any atom is 0.417 e. The third kappa shape index (κ3) is 7.17. The number of likely N-dealkylation sites (tertiary alicyclic amines) is 1. The quantitative estimate of drug-likeness (QED) is 0.222. The number of hydrogen-bond acceptors (Lipinski definition) is 7. The van der Waals surface area contributed by atoms with E-state index in [0.29, 0.717) is 29.5 Å². The number of urea groups is 1. The highest BCUT2D eigenvalue weighted by Gasteiger charge is 2.52. The van der Waals surface area contributed by atoms with Gasteiger partial charge in [0.05, 0.1) is 26.6 Å². The fraction of sp³-hybridized carbons (Fsp3) is 0.414. The van der Waals surface area contributed by atoms with Crippen molar-refractivity contribution >= 4 is 43.2 Å². The SMILES string of the molecule is CC1(C)C(=O)N(c2ccc(S(C)(=O)=O)c(C(F)(F)F)c2)C(=O)N1CC=CCN1CC(c2ccc(S(C)(=O)=O)c(C(F)(F)F)c2)CC1=O. The summed E-state index contributed by atoms with van der Waals surface area (Å²) in [6, 6.07) is 3.88. The molecule has 1 atom stereocenters. The standard InChI is InChI=1S/C29H29F6N3O7S2/c1-27(2)25(40)38(19-8-10-23(47(4,44)45)21(15-19)29(33,34)35)26(41)37(27)12-6-5-11-36-16-18(14-24(36)39)17-7-9-22(46(3,42)43)20(13-17)28(30,31)32/h5-10,13,15,18H,11-12,14,16H2,1-4H3. The van der Waals surface area contributed by atoms with Gasteiger partial charge < -0.3 is 9.80 Å². The third-order valence-electron chi connectivity index (χ3n) is 7.92. The predicted molar refractivity (Wildman–Crippen MR) is 156 cm³/mol. The lowest BCUT2D eigenvalue weighted by Crippen LogP contribution is -2.44. The maximum atomic E-state index is 13.7. The van der Waals surface area contributed by atoms with E-state index in [4.69, 9.17) is 0 Å². The number of imide groups is 1. The molecule has 18 heteroatoms. The molecule has 2 fully saturated rings. The number of carbonyl (C=O) groups excluding carboxylic acids is 3. The first kappa shape index (κ1) is 35.9. The Bertz CT molecular complexity index is 1890. The molecule has 0 radical (unpaired) electrons. The van der Waals surface area contributed by atoms with E-state index in [-0.39, 0.29) is 31.6 Å². The molecule has 0 N–H and O–H groups in total. The summed E-state index contributed by atoms with van der Waals surface area (Å²) in [5.74, 6) is -1.92. The highest BCUT2D eigenvalue weighted by molar-refractivity contribution is 7.91. The number of hydrogen-bond donors (Lipinski definition) is 0. The smallest absolute Gasteiger partial charge is 0.338 e. The second kappa shape index (κ2) is 11.9. The second-order valence-corrected chi connectivity index (χ2v) is 15.7. The lowest BCUT2D eigenvalue weighted by Gasteiger charge is -2.26. The second-order valence-electron chi connectivity index (χ2n) is 11.7. The molecule has 2 aromatic rings. The van der Waals surface area contributed by atoms with Crippen LogP contribution in [0.3, 0.4) is 0 Å². The van der Waals surface area contributed by atoms with Gasteiger partial charge in [-0.25, -0.2) is 26.5 Å². The molecule has 4 rings (SSSR count). The molecular weight excluding hydrogens is 680 g/mol. The molecule has 0 aliphatic carbocycles. The molecule has 0 bridgehead atoms. The van der Waals surface area contributed by atoms with Gasteiger partial charge in [0.1, 0.15) is 5.54 Å². The van der Waals surface area contributed by atoms with Crippen molar-refractivity contribution in [2.45, 2.75) is 53.9 Å². The zero-order valence-corrected chi connectivity index (χ0v) is 26.9. The highest BCUT2D eigenvalue weighted by atomic mass is 32.2. The molecule has 4 amide bonds. The molecule has 2 aliphatic rings. The van der Waals surface area contributed by atoms with Crippen LogP contribution in [0.1, 0.15) is 42.9 Å². The zero-order chi connectivity index (χ0) is 35.5. The van der Waals surface area contributed by atoms with Crippen molar-refractivity contribution in [3.05, 3.63) is 65.2 Å². The summed E-state index contributed by atoms with van der Waals surface area (Å²) in [5.41, 5.74) is -4.75. The van der Waals surface area contributed by atoms with E-state index in [2.05, 4.69) is 0 Å². The average molecular weight is 710 g/mol. The van der Waals surface area contributed by atoms with Crippen molar-refractivity contribution in [1.29, 1.82) is 0 Å². The van der Waals surface area contributed by atoms with Gasteiger partial charge in [0.2, 0.25) is 5.91 Å². The summed E-state index contributed by atoms with van der Waals surface area (Å²) >= 11 is 0. The number of nitrogens with zero attached hydrogens (tertiary/aromatic N) is 3. The van der Waals surface area contributed by atoms with Gasteiger partial charge >= 0.3 is 18.4 Å². The Kier molecular flexibility index (Phi) is 9.13. The first-order chi connectivity index (χ1) is 21.3. The Labute approximate surface area is 266 Å². The highest BCUT2D eigenvalue weighted by Crippen LogP contribution is 2.40. The Morgan fingerprint density at radius 1 is 0.809 bits per heavy atom. The van der Waals surface area contributed by atoms with Crippen LogP contribution in [0.5, 0.6) is 0 Å². The summed E-state index contributed by atoms with van der Waals surface area (Å²) in [5, 5.41) is 0. The van der Waals surface area contributed by atoms with Crippen LogP contribution in [-0.2, 0) is 41.6 Å². The first-order valence-electron chi connectivity index (χ1n) is 13.8. The Balaban J connectivity index is 1.49. The van der Waals surface area contributed by atoms with Crippen LogP contribution in [-0.4, -0.2) is 82.2 Å². The fourth-order valence-electron chi connectivity index (χ4n) is 5.47. The van der Waals surface area contributed by atoms with E-state index in [1.165, 1.54) is 37.0 Å². The van der Waals surface area contributed by atoms with Crippen LogP contribution >= 0.6 is 0 Å². The fourth-order valence-corrected chi connectivity index (χ4v) is 7.25. The molecule has 2 saturated heterocycles. The van der Waals surface area contributed by atoms with E-state index < -0.39 is 87.9 Å². The van der Waals surface area contributed by atoms with Crippen LogP contribution in [0.15, 0.2) is 58.3 Å². The molecular formula is C29H29F6N3O7S2. The Morgan fingerprint density at radius 3 is 1.85 bits per heavy atom. The normalized spacial score (nSPS) is 19.5. The van der Waals surface area contributed by atoms with Gasteiger partial charge in [-0.05, 0) is 49.7 Å². The molecule has 2 aliphatic heterocycles. The van der Waals surface area contributed by atoms with E-state index in [0.717, 1.165) is 23.1 Å². The minimum Gasteiger partial charge on any atom is -0.338 e. The van der Waals surface area contributed by atoms with Crippen molar-refractivity contribution in [3.63, 3.8) is 0 Å². The zero-order valence-electron chi connectivity index (χ0n) is 25.3. The lowest BCUT2D eigenvalue weighted by atomic mass is 9.96. The number of alkyl halides is 6. The summed E-state index contributed by atoms with van der Waals surface area (Å²) in [6.07, 6.45) is -6.01. The molecule has 1 unspecified atom stereocenters. The van der Waals surface area contributed by atoms with Gasteiger partial charge in [-0.15, -0.1) is 0 Å². The van der Waals surface area contributed by atoms with Gasteiger partial charge in [0.15, 0.2) is 19.7 Å². The van der Waals surface area contributed by atoms with Gasteiger partial charge in [-0.2, -0.15) is 26.3 Å². The molecule has 2 heterocycles. The van der Waals surface area contributed by atoms with Crippen molar-refractivity contribution in [3.8, 4) is 0 Å². The van der Waals surface area contributed by atoms with Gasteiger partial charge in [0, 0.05) is 44.5 Å². The molecule has 2 aromatic carbocycles. The van der Waals surface area contributed by atoms with Gasteiger partial charge in [-0.1, -0.05) is 18.2 Å². The third-order valence-corrected chi connectivity index (χ3v) is 10.2. The summed E-state index contributed by atoms with van der Waals surface area (Å²) in [4.78, 5) is 40.2. The topological polar surface area (TPSA) is 129 Å². The minimum atomic E-state index is -5.11. The van der Waals surface area contributed by atoms with Crippen molar-refractivity contribution < 1.29 is 57.6 Å². The summed E-state index contributed by atoms with van der Waals surface area (Å²) in [6.45, 7) is 2.52. The molecule has 0 spiro atoms. The van der Waals surface area contributed by atoms with Crippen LogP contribution in [0.25, 0.3) is 0 Å². The molecule has 47 heavy (non-hydrogen) atoms. The largest absolute Gasteiger partial charge is 0.417 e. The van der Waals surface area contributed by atoms with Gasteiger partial charge in [-0.3, -0.25) is 9.59 Å². The first-order valence-corrected chi connectivity index (χ1v) is 17.5. The monoisotopic (exact) mass is 709 g/mol. The molecule has 10 nitrogen and oxygen atoms in total. The van der Waals surface area contributed by atoms with Gasteiger partial charge in [0.25, 0.3) is 5.91 Å². The number of anilines is 1. The number of carbonyl (C=O) groups is 3. The molecule has 256 valence electrons. The minimum absolute atomic E-state index is 0.0180. The predicted octanol–water partition coefficient (Wildman–Crippen LogP) is 4.65. The average Bonchev–Trinajstić information content (AvgIpc) is 3.37. The number of amides is 4. The number of halogens is 6. The molecule has 0 saturated carbocycles. The number of benzene rings is 2. The van der Waals surface area contributed by atoms with Crippen LogP contribution in [0.4, 0.5) is 36.8 Å². The van der Waals surface area contributed by atoms with E-state index in [9.17, 15) is 57.6 Å². The van der Waals surface area contributed by atoms with E-state index in [1.54, 1.807) is 0 Å². The molecule has 0 aromatic heterocycles. The summed E-state index contributed by atoms with van der Waals surface area (Å²) < 4.78 is 130.